The van der Waals surface area contributed by atoms with E-state index in [2.05, 4.69) is 16.2 Å². The van der Waals surface area contributed by atoms with Crippen LogP contribution in [0.3, 0.4) is 0 Å². The number of amides is 1. The molecule has 1 amide bonds. The van der Waals surface area contributed by atoms with Crippen molar-refractivity contribution < 1.29 is 13.2 Å². The molecule has 0 saturated carbocycles. The molecular formula is C15H24N4O3S. The van der Waals surface area contributed by atoms with Gasteiger partial charge in [0.1, 0.15) is 6.04 Å². The van der Waals surface area contributed by atoms with Crippen molar-refractivity contribution >= 4 is 15.9 Å². The monoisotopic (exact) mass is 340 g/mol. The number of hydrogen-bond acceptors (Lipinski definition) is 5. The molecule has 2 rings (SSSR count). The summed E-state index contributed by atoms with van der Waals surface area (Å²) in [6, 6.07) is 9.80. The molecule has 1 fully saturated rings. The van der Waals surface area contributed by atoms with E-state index in [1.54, 1.807) is 0 Å². The van der Waals surface area contributed by atoms with Crippen LogP contribution in [-0.4, -0.2) is 51.1 Å². The van der Waals surface area contributed by atoms with Crippen LogP contribution < -0.4 is 16.2 Å². The molecular weight excluding hydrogens is 316 g/mol. The van der Waals surface area contributed by atoms with Gasteiger partial charge < -0.3 is 5.32 Å². The molecule has 1 saturated heterocycles. The fraction of sp³-hybridized carbons (Fsp3) is 0.533. The van der Waals surface area contributed by atoms with Crippen LogP contribution in [0.4, 0.5) is 0 Å². The zero-order valence-electron chi connectivity index (χ0n) is 13.5. The first-order valence-electron chi connectivity index (χ1n) is 7.63. The van der Waals surface area contributed by atoms with Crippen molar-refractivity contribution in [3.63, 3.8) is 0 Å². The summed E-state index contributed by atoms with van der Waals surface area (Å²) in [5.74, 6) is -0.0714. The summed E-state index contributed by atoms with van der Waals surface area (Å²) < 4.78 is 23.8. The van der Waals surface area contributed by atoms with E-state index in [4.69, 9.17) is 0 Å². The second kappa shape index (κ2) is 7.87. The number of hydrazine groups is 1. The van der Waals surface area contributed by atoms with Crippen LogP contribution in [0.5, 0.6) is 0 Å². The molecule has 0 aliphatic carbocycles. The highest BCUT2D eigenvalue weighted by molar-refractivity contribution is 7.88. The second-order valence-corrected chi connectivity index (χ2v) is 7.86. The third kappa shape index (κ3) is 5.28. The van der Waals surface area contributed by atoms with Crippen LogP contribution >= 0.6 is 0 Å². The van der Waals surface area contributed by atoms with E-state index >= 15 is 0 Å². The van der Waals surface area contributed by atoms with E-state index in [0.717, 1.165) is 5.56 Å². The summed E-state index contributed by atoms with van der Waals surface area (Å²) in [6.07, 6.45) is 2.43. The smallest absolute Gasteiger partial charge is 0.238 e. The second-order valence-electron chi connectivity index (χ2n) is 5.77. The van der Waals surface area contributed by atoms with E-state index in [1.165, 1.54) is 17.6 Å². The van der Waals surface area contributed by atoms with Crippen molar-refractivity contribution in [2.24, 2.45) is 0 Å². The van der Waals surface area contributed by atoms with Crippen molar-refractivity contribution in [2.75, 3.05) is 26.4 Å². The molecule has 7 nitrogen and oxygen atoms in total. The number of benzene rings is 1. The molecule has 128 valence electrons. The Morgan fingerprint density at radius 2 is 2.00 bits per heavy atom. The summed E-state index contributed by atoms with van der Waals surface area (Å²) in [5, 5.41) is 2.84. The van der Waals surface area contributed by atoms with Crippen molar-refractivity contribution in [3.8, 4) is 0 Å². The molecule has 1 aliphatic heterocycles. The van der Waals surface area contributed by atoms with E-state index in [9.17, 15) is 13.2 Å². The Hall–Kier alpha value is -1.48. The van der Waals surface area contributed by atoms with Crippen LogP contribution in [-0.2, 0) is 14.8 Å². The fourth-order valence-corrected chi connectivity index (χ4v) is 2.90. The number of sulfonamides is 1. The molecule has 1 aromatic rings. The Bertz CT molecular complexity index is 621. The van der Waals surface area contributed by atoms with Gasteiger partial charge >= 0.3 is 0 Å². The predicted molar refractivity (Wildman–Crippen MR) is 89.0 cm³/mol. The normalized spacial score (nSPS) is 21.5. The minimum Gasteiger partial charge on any atom is -0.355 e. The standard InChI is InChI=1S/C15H24N4O3S/c1-19(23(2,21)22)10-6-9-16-15(20)14-11-13(17-18-14)12-7-4-3-5-8-12/h3-5,7-8,13-14,17-18H,6,9-11H2,1-2H3,(H,16,20). The van der Waals surface area contributed by atoms with Crippen LogP contribution in [0, 0.1) is 0 Å². The molecule has 8 heteroatoms. The Balaban J connectivity index is 1.71. The zero-order valence-corrected chi connectivity index (χ0v) is 14.3. The van der Waals surface area contributed by atoms with E-state index < -0.39 is 10.0 Å². The molecule has 0 aromatic heterocycles. The Kier molecular flexibility index (Phi) is 6.11. The lowest BCUT2D eigenvalue weighted by Crippen LogP contribution is -2.43. The number of rotatable bonds is 7. The molecule has 0 spiro atoms. The lowest BCUT2D eigenvalue weighted by molar-refractivity contribution is -0.122. The largest absolute Gasteiger partial charge is 0.355 e. The van der Waals surface area contributed by atoms with Gasteiger partial charge in [0.2, 0.25) is 15.9 Å². The molecule has 2 atom stereocenters. The Morgan fingerprint density at radius 3 is 2.65 bits per heavy atom. The third-order valence-corrected chi connectivity index (χ3v) is 5.25. The minimum atomic E-state index is -3.16. The summed E-state index contributed by atoms with van der Waals surface area (Å²) >= 11 is 0. The average Bonchev–Trinajstić information content (AvgIpc) is 3.01. The molecule has 23 heavy (non-hydrogen) atoms. The van der Waals surface area contributed by atoms with Gasteiger partial charge in [-0.05, 0) is 18.4 Å². The number of carbonyl (C=O) groups excluding carboxylic acids is 1. The molecule has 0 radical (unpaired) electrons. The summed E-state index contributed by atoms with van der Waals surface area (Å²) in [7, 11) is -1.63. The van der Waals surface area contributed by atoms with Crippen LogP contribution in [0.25, 0.3) is 0 Å². The van der Waals surface area contributed by atoms with Gasteiger partial charge in [-0.2, -0.15) is 0 Å². The quantitative estimate of drug-likeness (QED) is 0.608. The third-order valence-electron chi connectivity index (χ3n) is 3.94. The van der Waals surface area contributed by atoms with Crippen molar-refractivity contribution in [1.29, 1.82) is 0 Å². The molecule has 1 aromatic carbocycles. The lowest BCUT2D eigenvalue weighted by atomic mass is 10.0. The first-order valence-corrected chi connectivity index (χ1v) is 9.48. The van der Waals surface area contributed by atoms with Crippen molar-refractivity contribution in [3.05, 3.63) is 35.9 Å². The minimum absolute atomic E-state index is 0.0714. The highest BCUT2D eigenvalue weighted by Gasteiger charge is 2.29. The summed E-state index contributed by atoms with van der Waals surface area (Å²) in [5.41, 5.74) is 7.29. The van der Waals surface area contributed by atoms with Crippen molar-refractivity contribution in [1.82, 2.24) is 20.5 Å². The van der Waals surface area contributed by atoms with E-state index in [0.29, 0.717) is 25.9 Å². The van der Waals surface area contributed by atoms with Gasteiger partial charge in [-0.15, -0.1) is 0 Å². The maximum atomic E-state index is 12.1. The molecule has 2 unspecified atom stereocenters. The molecule has 1 aliphatic rings. The number of hydrogen-bond donors (Lipinski definition) is 3. The fourth-order valence-electron chi connectivity index (χ4n) is 2.43. The van der Waals surface area contributed by atoms with Gasteiger partial charge in [0, 0.05) is 26.2 Å². The van der Waals surface area contributed by atoms with Crippen molar-refractivity contribution in [2.45, 2.75) is 24.9 Å². The number of nitrogens with one attached hydrogen (secondary N) is 3. The van der Waals surface area contributed by atoms with Crippen LogP contribution in [0.2, 0.25) is 0 Å². The maximum absolute atomic E-state index is 12.1. The molecule has 3 N–H and O–H groups in total. The Morgan fingerprint density at radius 1 is 1.30 bits per heavy atom. The highest BCUT2D eigenvalue weighted by atomic mass is 32.2. The maximum Gasteiger partial charge on any atom is 0.238 e. The topological polar surface area (TPSA) is 90.5 Å². The first-order chi connectivity index (χ1) is 10.9. The predicted octanol–water partition coefficient (Wildman–Crippen LogP) is -0.00810. The van der Waals surface area contributed by atoms with Gasteiger partial charge in [-0.25, -0.2) is 23.6 Å². The summed E-state index contributed by atoms with van der Waals surface area (Å²) in [4.78, 5) is 12.1. The van der Waals surface area contributed by atoms with Gasteiger partial charge in [-0.3, -0.25) is 4.79 Å². The van der Waals surface area contributed by atoms with Gasteiger partial charge in [0.05, 0.1) is 6.26 Å². The van der Waals surface area contributed by atoms with E-state index in [-0.39, 0.29) is 18.0 Å². The molecule has 0 bridgehead atoms. The number of nitrogens with zero attached hydrogens (tertiary/aromatic N) is 1. The SMILES string of the molecule is CN(CCCNC(=O)C1CC(c2ccccc2)NN1)S(C)(=O)=O. The lowest BCUT2D eigenvalue weighted by Gasteiger charge is -2.15. The average molecular weight is 340 g/mol. The van der Waals surface area contributed by atoms with Gasteiger partial charge in [0.25, 0.3) is 0 Å². The zero-order chi connectivity index (χ0) is 16.9. The van der Waals surface area contributed by atoms with Crippen LogP contribution in [0.15, 0.2) is 30.3 Å². The van der Waals surface area contributed by atoms with Gasteiger partial charge in [-0.1, -0.05) is 30.3 Å². The first kappa shape index (κ1) is 17.9. The highest BCUT2D eigenvalue weighted by Crippen LogP contribution is 2.21. The summed E-state index contributed by atoms with van der Waals surface area (Å²) in [6.45, 7) is 0.842. The Labute approximate surface area is 137 Å². The van der Waals surface area contributed by atoms with Gasteiger partial charge in [0.15, 0.2) is 0 Å². The van der Waals surface area contributed by atoms with Crippen LogP contribution in [0.1, 0.15) is 24.4 Å². The number of carbonyl (C=O) groups is 1. The van der Waals surface area contributed by atoms with E-state index in [1.807, 2.05) is 30.3 Å². The molecule has 1 heterocycles.